The molecule has 28 heavy (non-hydrogen) atoms. The van der Waals surface area contributed by atoms with Crippen molar-refractivity contribution < 1.29 is 13.7 Å². The minimum absolute atomic E-state index is 0.305. The molecule has 0 aliphatic rings. The third-order valence-electron chi connectivity index (χ3n) is 4.26. The third kappa shape index (κ3) is 2.99. The fourth-order valence-corrected chi connectivity index (χ4v) is 2.87. The Balaban J connectivity index is 1.39. The predicted molar refractivity (Wildman–Crippen MR) is 101 cm³/mol. The fraction of sp³-hybridized carbons (Fsp3) is 0. The van der Waals surface area contributed by atoms with E-state index in [0.717, 1.165) is 16.5 Å². The highest BCUT2D eigenvalue weighted by Crippen LogP contribution is 2.28. The lowest BCUT2D eigenvalue weighted by molar-refractivity contribution is 0.431. The lowest BCUT2D eigenvalue weighted by Gasteiger charge is -2.05. The van der Waals surface area contributed by atoms with E-state index in [-0.39, 0.29) is 5.82 Å². The summed E-state index contributed by atoms with van der Waals surface area (Å²) in [6, 6.07) is 20.8. The van der Waals surface area contributed by atoms with Crippen molar-refractivity contribution in [3.8, 4) is 34.5 Å². The molecule has 0 saturated heterocycles. The van der Waals surface area contributed by atoms with Gasteiger partial charge in [0.05, 0.1) is 5.52 Å². The number of fused-ring (bicyclic) bond motifs is 1. The van der Waals surface area contributed by atoms with Crippen LogP contribution in [0.4, 0.5) is 4.39 Å². The number of nitrogens with one attached hydrogen (secondary N) is 1. The summed E-state index contributed by atoms with van der Waals surface area (Å²) in [6.45, 7) is 0. The highest BCUT2D eigenvalue weighted by molar-refractivity contribution is 5.90. The van der Waals surface area contributed by atoms with Crippen LogP contribution in [-0.4, -0.2) is 20.3 Å². The second-order valence-electron chi connectivity index (χ2n) is 6.12. The molecule has 0 saturated carbocycles. The van der Waals surface area contributed by atoms with Crippen molar-refractivity contribution in [3.63, 3.8) is 0 Å². The number of hydrogen-bond acceptors (Lipinski definition) is 5. The van der Waals surface area contributed by atoms with Gasteiger partial charge in [-0.05, 0) is 54.6 Å². The van der Waals surface area contributed by atoms with E-state index in [1.54, 1.807) is 24.3 Å². The van der Waals surface area contributed by atoms with Crippen LogP contribution in [0.5, 0.6) is 11.5 Å². The fourth-order valence-electron chi connectivity index (χ4n) is 2.87. The van der Waals surface area contributed by atoms with Crippen molar-refractivity contribution in [2.75, 3.05) is 0 Å². The maximum Gasteiger partial charge on any atom is 0.279 e. The molecule has 1 N–H and O–H groups in total. The highest BCUT2D eigenvalue weighted by Gasteiger charge is 2.16. The Morgan fingerprint density at radius 2 is 1.57 bits per heavy atom. The van der Waals surface area contributed by atoms with Crippen molar-refractivity contribution in [1.29, 1.82) is 0 Å². The molecular weight excluding hydrogens is 359 g/mol. The van der Waals surface area contributed by atoms with Crippen molar-refractivity contribution in [1.82, 2.24) is 20.3 Å². The molecule has 0 bridgehead atoms. The molecule has 2 aromatic heterocycles. The average molecular weight is 372 g/mol. The zero-order valence-electron chi connectivity index (χ0n) is 14.5. The van der Waals surface area contributed by atoms with Crippen LogP contribution >= 0.6 is 0 Å². The zero-order valence-corrected chi connectivity index (χ0v) is 14.5. The maximum atomic E-state index is 13.0. The third-order valence-corrected chi connectivity index (χ3v) is 4.26. The molecule has 0 aliphatic heterocycles. The van der Waals surface area contributed by atoms with Crippen LogP contribution in [-0.2, 0) is 0 Å². The van der Waals surface area contributed by atoms with Gasteiger partial charge in [0.2, 0.25) is 5.82 Å². The van der Waals surface area contributed by atoms with Crippen molar-refractivity contribution in [2.24, 2.45) is 0 Å². The topological polar surface area (TPSA) is 76.8 Å². The van der Waals surface area contributed by atoms with Crippen molar-refractivity contribution in [2.45, 2.75) is 0 Å². The number of rotatable bonds is 4. The van der Waals surface area contributed by atoms with Gasteiger partial charge < -0.3 is 9.26 Å². The van der Waals surface area contributed by atoms with Gasteiger partial charge in [-0.15, -0.1) is 0 Å². The Bertz CT molecular complexity index is 1240. The number of H-pyrrole nitrogens is 1. The van der Waals surface area contributed by atoms with E-state index in [1.807, 2.05) is 36.4 Å². The molecule has 0 aliphatic carbocycles. The number of benzene rings is 3. The van der Waals surface area contributed by atoms with E-state index in [1.165, 1.54) is 12.1 Å². The molecule has 0 unspecified atom stereocenters. The van der Waals surface area contributed by atoms with Gasteiger partial charge in [-0.2, -0.15) is 10.1 Å². The first-order chi connectivity index (χ1) is 13.8. The Morgan fingerprint density at radius 1 is 0.857 bits per heavy atom. The van der Waals surface area contributed by atoms with Gasteiger partial charge >= 0.3 is 0 Å². The van der Waals surface area contributed by atoms with Gasteiger partial charge in [0.15, 0.2) is 5.69 Å². The molecule has 0 amide bonds. The Hall–Kier alpha value is -4.00. The van der Waals surface area contributed by atoms with Gasteiger partial charge in [0.25, 0.3) is 5.89 Å². The lowest BCUT2D eigenvalue weighted by atomic mass is 10.2. The number of para-hydroxylation sites is 1. The zero-order chi connectivity index (χ0) is 18.9. The first kappa shape index (κ1) is 16.2. The summed E-state index contributed by atoms with van der Waals surface area (Å²) < 4.78 is 24.1. The molecule has 136 valence electrons. The van der Waals surface area contributed by atoms with Gasteiger partial charge in [0.1, 0.15) is 17.3 Å². The second kappa shape index (κ2) is 6.62. The Labute approximate surface area is 158 Å². The van der Waals surface area contributed by atoms with Crippen LogP contribution in [0.1, 0.15) is 0 Å². The minimum Gasteiger partial charge on any atom is -0.457 e. The normalized spacial score (nSPS) is 11.0. The SMILES string of the molecule is Fc1ccc(Oc2ccc(-c3noc(-c4n[nH]c5ccccc45)n3)cc2)cc1. The summed E-state index contributed by atoms with van der Waals surface area (Å²) in [4.78, 5) is 4.45. The smallest absolute Gasteiger partial charge is 0.279 e. The summed E-state index contributed by atoms with van der Waals surface area (Å²) in [5, 5.41) is 12.2. The van der Waals surface area contributed by atoms with Gasteiger partial charge in [-0.1, -0.05) is 23.4 Å². The summed E-state index contributed by atoms with van der Waals surface area (Å²) in [5.74, 6) is 1.67. The molecule has 0 atom stereocenters. The largest absolute Gasteiger partial charge is 0.457 e. The number of hydrogen-bond donors (Lipinski definition) is 1. The minimum atomic E-state index is -0.305. The van der Waals surface area contributed by atoms with E-state index in [0.29, 0.717) is 28.9 Å². The first-order valence-corrected chi connectivity index (χ1v) is 8.57. The van der Waals surface area contributed by atoms with E-state index in [9.17, 15) is 4.39 Å². The van der Waals surface area contributed by atoms with E-state index in [4.69, 9.17) is 9.26 Å². The molecule has 0 spiro atoms. The molecule has 2 heterocycles. The number of aromatic amines is 1. The molecule has 5 rings (SSSR count). The maximum absolute atomic E-state index is 13.0. The van der Waals surface area contributed by atoms with E-state index < -0.39 is 0 Å². The number of nitrogens with zero attached hydrogens (tertiary/aromatic N) is 3. The molecule has 5 aromatic rings. The molecule has 0 radical (unpaired) electrons. The molecule has 0 fully saturated rings. The van der Waals surface area contributed by atoms with Crippen LogP contribution in [0.2, 0.25) is 0 Å². The molecular formula is C21H13FN4O2. The second-order valence-corrected chi connectivity index (χ2v) is 6.12. The monoisotopic (exact) mass is 372 g/mol. The quantitative estimate of drug-likeness (QED) is 0.468. The highest BCUT2D eigenvalue weighted by atomic mass is 19.1. The van der Waals surface area contributed by atoms with Gasteiger partial charge in [0, 0.05) is 10.9 Å². The predicted octanol–water partition coefficient (Wildman–Crippen LogP) is 5.21. The van der Waals surface area contributed by atoms with Crippen LogP contribution in [0.25, 0.3) is 33.9 Å². The lowest BCUT2D eigenvalue weighted by Crippen LogP contribution is -1.86. The van der Waals surface area contributed by atoms with Crippen molar-refractivity contribution in [3.05, 3.63) is 78.6 Å². The molecule has 3 aromatic carbocycles. The van der Waals surface area contributed by atoms with Crippen LogP contribution in [0, 0.1) is 5.82 Å². The van der Waals surface area contributed by atoms with Crippen LogP contribution in [0.3, 0.4) is 0 Å². The van der Waals surface area contributed by atoms with Gasteiger partial charge in [-0.3, -0.25) is 5.10 Å². The van der Waals surface area contributed by atoms with Crippen LogP contribution < -0.4 is 4.74 Å². The number of ether oxygens (including phenoxy) is 1. The summed E-state index contributed by atoms with van der Waals surface area (Å²) >= 11 is 0. The number of halogens is 1. The van der Waals surface area contributed by atoms with E-state index >= 15 is 0 Å². The molecule has 7 heteroatoms. The van der Waals surface area contributed by atoms with Gasteiger partial charge in [-0.25, -0.2) is 4.39 Å². The standard InChI is InChI=1S/C21H13FN4O2/c22-14-7-11-16(12-8-14)27-15-9-5-13(6-10-15)20-23-21(28-26-20)19-17-3-1-2-4-18(17)24-25-19/h1-12H,(H,24,25). The average Bonchev–Trinajstić information content (AvgIpc) is 3.37. The molecule has 6 nitrogen and oxygen atoms in total. The van der Waals surface area contributed by atoms with Crippen molar-refractivity contribution >= 4 is 10.9 Å². The van der Waals surface area contributed by atoms with E-state index in [2.05, 4.69) is 20.3 Å². The Kier molecular flexibility index (Phi) is 3.83. The first-order valence-electron chi connectivity index (χ1n) is 8.57. The number of aromatic nitrogens is 4. The van der Waals surface area contributed by atoms with Crippen LogP contribution in [0.15, 0.2) is 77.3 Å². The summed E-state index contributed by atoms with van der Waals surface area (Å²) in [6.07, 6.45) is 0. The summed E-state index contributed by atoms with van der Waals surface area (Å²) in [5.41, 5.74) is 2.30. The Morgan fingerprint density at radius 3 is 2.36 bits per heavy atom. The summed E-state index contributed by atoms with van der Waals surface area (Å²) in [7, 11) is 0.